The Morgan fingerprint density at radius 1 is 1.09 bits per heavy atom. The molecule has 0 heterocycles. The minimum absolute atomic E-state index is 0.0641. The van der Waals surface area contributed by atoms with Gasteiger partial charge in [0.1, 0.15) is 23.4 Å². The van der Waals surface area contributed by atoms with Crippen LogP contribution in [0.15, 0.2) is 60.7 Å². The number of carbonyl (C=O) groups is 1. The van der Waals surface area contributed by atoms with Gasteiger partial charge >= 0.3 is 5.97 Å². The van der Waals surface area contributed by atoms with Crippen LogP contribution in [0.1, 0.15) is 55.4 Å². The van der Waals surface area contributed by atoms with Gasteiger partial charge in [-0.15, -0.1) is 5.92 Å². The fourth-order valence-corrected chi connectivity index (χ4v) is 4.47. The lowest BCUT2D eigenvalue weighted by Gasteiger charge is -2.17. The molecule has 0 radical (unpaired) electrons. The highest BCUT2D eigenvalue weighted by molar-refractivity contribution is 5.71. The van der Waals surface area contributed by atoms with Crippen molar-refractivity contribution in [2.24, 2.45) is 0 Å². The Morgan fingerprint density at radius 3 is 2.57 bits per heavy atom. The summed E-state index contributed by atoms with van der Waals surface area (Å²) in [6, 6.07) is 18.6. The Balaban J connectivity index is 1.49. The van der Waals surface area contributed by atoms with Gasteiger partial charge in [-0.3, -0.25) is 4.79 Å². The summed E-state index contributed by atoms with van der Waals surface area (Å²) >= 11 is 0. The summed E-state index contributed by atoms with van der Waals surface area (Å²) in [5, 5.41) is 0. The summed E-state index contributed by atoms with van der Waals surface area (Å²) < 4.78 is 31.2. The molecule has 0 saturated heterocycles. The van der Waals surface area contributed by atoms with Gasteiger partial charge in [-0.25, -0.2) is 4.39 Å². The molecule has 0 spiro atoms. The molecule has 1 aliphatic carbocycles. The summed E-state index contributed by atoms with van der Waals surface area (Å²) in [4.78, 5) is 11.7. The summed E-state index contributed by atoms with van der Waals surface area (Å²) in [5.41, 5.74) is 4.61. The average molecular weight is 473 g/mol. The molecule has 0 aliphatic heterocycles. The minimum atomic E-state index is -0.287. The molecule has 35 heavy (non-hydrogen) atoms. The number of carbonyl (C=O) groups excluding carboxylic acids is 1. The zero-order chi connectivity index (χ0) is 24.8. The standard InChI is InChI=1S/C30H29FO4/c1-4-6-21(18-30(32)33-3)20-7-11-24(12-8-20)35-29-16-10-22-17-23(9-14-26(22)29)27-19-25(34-5-2)13-15-28(27)31/h7-9,11-15,17,19,21,29H,5,10,16,18H2,1-3H3/t21-,29?/m1/s1. The van der Waals surface area contributed by atoms with Crippen LogP contribution in [-0.2, 0) is 16.0 Å². The lowest BCUT2D eigenvalue weighted by atomic mass is 9.96. The third kappa shape index (κ3) is 5.66. The van der Waals surface area contributed by atoms with E-state index in [1.54, 1.807) is 19.1 Å². The average Bonchev–Trinajstić information content (AvgIpc) is 3.27. The van der Waals surface area contributed by atoms with E-state index in [9.17, 15) is 9.18 Å². The fourth-order valence-electron chi connectivity index (χ4n) is 4.47. The SMILES string of the molecule is CC#C[C@H](CC(=O)OC)c1ccc(OC2CCc3cc(-c4cc(OCC)ccc4F)ccc32)cc1. The van der Waals surface area contributed by atoms with E-state index in [0.717, 1.165) is 35.3 Å². The van der Waals surface area contributed by atoms with E-state index in [2.05, 4.69) is 17.9 Å². The van der Waals surface area contributed by atoms with Gasteiger partial charge in [-0.05, 0) is 79.3 Å². The molecule has 1 aliphatic rings. The number of halogens is 1. The van der Waals surface area contributed by atoms with Gasteiger partial charge < -0.3 is 14.2 Å². The summed E-state index contributed by atoms with van der Waals surface area (Å²) in [7, 11) is 1.38. The van der Waals surface area contributed by atoms with Crippen molar-refractivity contribution in [3.63, 3.8) is 0 Å². The first-order valence-corrected chi connectivity index (χ1v) is 11.8. The molecule has 180 valence electrons. The summed E-state index contributed by atoms with van der Waals surface area (Å²) in [6.07, 6.45) is 1.87. The number of hydrogen-bond donors (Lipinski definition) is 0. The van der Waals surface area contributed by atoms with Crippen LogP contribution in [0.2, 0.25) is 0 Å². The van der Waals surface area contributed by atoms with Crippen LogP contribution in [0.3, 0.4) is 0 Å². The maximum Gasteiger partial charge on any atom is 0.307 e. The molecule has 3 aromatic rings. The third-order valence-electron chi connectivity index (χ3n) is 6.20. The molecule has 4 rings (SSSR count). The van der Waals surface area contributed by atoms with Gasteiger partial charge in [-0.2, -0.15) is 0 Å². The van der Waals surface area contributed by atoms with Gasteiger partial charge in [0, 0.05) is 5.56 Å². The van der Waals surface area contributed by atoms with E-state index in [4.69, 9.17) is 14.2 Å². The van der Waals surface area contributed by atoms with Crippen LogP contribution in [0.5, 0.6) is 11.5 Å². The predicted molar refractivity (Wildman–Crippen MR) is 134 cm³/mol. The number of ether oxygens (including phenoxy) is 3. The maximum absolute atomic E-state index is 14.5. The second kappa shape index (κ2) is 11.1. The smallest absolute Gasteiger partial charge is 0.307 e. The van der Waals surface area contributed by atoms with Crippen LogP contribution in [0.4, 0.5) is 4.39 Å². The highest BCUT2D eigenvalue weighted by atomic mass is 19.1. The second-order valence-electron chi connectivity index (χ2n) is 8.43. The minimum Gasteiger partial charge on any atom is -0.494 e. The Hall–Kier alpha value is -3.78. The number of esters is 1. The predicted octanol–water partition coefficient (Wildman–Crippen LogP) is 6.63. The van der Waals surface area contributed by atoms with Crippen molar-refractivity contribution in [3.8, 4) is 34.5 Å². The van der Waals surface area contributed by atoms with Gasteiger partial charge in [-0.1, -0.05) is 36.3 Å². The monoisotopic (exact) mass is 472 g/mol. The second-order valence-corrected chi connectivity index (χ2v) is 8.43. The van der Waals surface area contributed by atoms with E-state index < -0.39 is 0 Å². The first kappa shape index (κ1) is 24.3. The molecular formula is C30H29FO4. The van der Waals surface area contributed by atoms with Crippen molar-refractivity contribution in [3.05, 3.63) is 83.2 Å². The van der Waals surface area contributed by atoms with Crippen molar-refractivity contribution >= 4 is 5.97 Å². The van der Waals surface area contributed by atoms with Gasteiger partial charge in [0.15, 0.2) is 0 Å². The Bertz CT molecular complexity index is 1250. The number of benzene rings is 3. The molecule has 5 heteroatoms. The van der Waals surface area contributed by atoms with Crippen LogP contribution >= 0.6 is 0 Å². The Kier molecular flexibility index (Phi) is 7.72. The highest BCUT2D eigenvalue weighted by Crippen LogP contribution is 2.38. The highest BCUT2D eigenvalue weighted by Gasteiger charge is 2.25. The van der Waals surface area contributed by atoms with E-state index in [-0.39, 0.29) is 30.2 Å². The van der Waals surface area contributed by atoms with Crippen LogP contribution in [0.25, 0.3) is 11.1 Å². The molecule has 0 bridgehead atoms. The number of rotatable bonds is 8. The number of methoxy groups -OCH3 is 1. The molecular weight excluding hydrogens is 443 g/mol. The first-order valence-electron chi connectivity index (χ1n) is 11.8. The molecule has 4 nitrogen and oxygen atoms in total. The lowest BCUT2D eigenvalue weighted by molar-refractivity contribution is -0.140. The van der Waals surface area contributed by atoms with Gasteiger partial charge in [0.2, 0.25) is 0 Å². The molecule has 0 N–H and O–H groups in total. The molecule has 0 saturated carbocycles. The Labute approximate surface area is 206 Å². The van der Waals surface area contributed by atoms with Crippen molar-refractivity contribution in [2.75, 3.05) is 13.7 Å². The third-order valence-corrected chi connectivity index (χ3v) is 6.20. The number of aryl methyl sites for hydroxylation is 1. The summed E-state index contributed by atoms with van der Waals surface area (Å²) in [6.45, 7) is 4.20. The number of hydrogen-bond acceptors (Lipinski definition) is 4. The van der Waals surface area contributed by atoms with E-state index >= 15 is 0 Å². The van der Waals surface area contributed by atoms with Crippen LogP contribution in [0, 0.1) is 17.7 Å². The summed E-state index contributed by atoms with van der Waals surface area (Å²) in [5.74, 6) is 6.62. The van der Waals surface area contributed by atoms with Crippen molar-refractivity contribution in [2.45, 2.75) is 45.1 Å². The van der Waals surface area contributed by atoms with E-state index in [1.165, 1.54) is 18.7 Å². The molecule has 0 amide bonds. The molecule has 3 aromatic carbocycles. The lowest BCUT2D eigenvalue weighted by Crippen LogP contribution is -2.08. The zero-order valence-electron chi connectivity index (χ0n) is 20.3. The quantitative estimate of drug-likeness (QED) is 0.273. The van der Waals surface area contributed by atoms with Crippen LogP contribution in [-0.4, -0.2) is 19.7 Å². The fraction of sp³-hybridized carbons (Fsp3) is 0.300. The Morgan fingerprint density at radius 2 is 1.86 bits per heavy atom. The molecule has 0 aromatic heterocycles. The first-order chi connectivity index (χ1) is 17.0. The molecule has 1 unspecified atom stereocenters. The normalized spacial score (nSPS) is 14.9. The maximum atomic E-state index is 14.5. The zero-order valence-corrected chi connectivity index (χ0v) is 20.3. The number of fused-ring (bicyclic) bond motifs is 1. The van der Waals surface area contributed by atoms with Crippen molar-refractivity contribution < 1.29 is 23.4 Å². The van der Waals surface area contributed by atoms with Gasteiger partial charge in [0.25, 0.3) is 0 Å². The van der Waals surface area contributed by atoms with E-state index in [1.807, 2.05) is 43.3 Å². The van der Waals surface area contributed by atoms with Crippen molar-refractivity contribution in [1.82, 2.24) is 0 Å². The van der Waals surface area contributed by atoms with Crippen molar-refractivity contribution in [1.29, 1.82) is 0 Å². The molecule has 0 fully saturated rings. The van der Waals surface area contributed by atoms with E-state index in [0.29, 0.717) is 17.9 Å². The van der Waals surface area contributed by atoms with Crippen LogP contribution < -0.4 is 9.47 Å². The largest absolute Gasteiger partial charge is 0.494 e. The van der Waals surface area contributed by atoms with Gasteiger partial charge in [0.05, 0.1) is 26.1 Å². The molecule has 2 atom stereocenters. The topological polar surface area (TPSA) is 44.8 Å².